The molecule has 0 radical (unpaired) electrons. The Morgan fingerprint density at radius 3 is 2.74 bits per heavy atom. The van der Waals surface area contributed by atoms with E-state index in [0.717, 1.165) is 15.4 Å². The molecule has 3 aromatic rings. The van der Waals surface area contributed by atoms with Gasteiger partial charge in [-0.05, 0) is 42.5 Å². The molecule has 3 rings (SSSR count). The van der Waals surface area contributed by atoms with Crippen molar-refractivity contribution in [2.24, 2.45) is 0 Å². The van der Waals surface area contributed by atoms with Gasteiger partial charge in [-0.25, -0.2) is 9.37 Å². The predicted molar refractivity (Wildman–Crippen MR) is 90.1 cm³/mol. The number of aromatic nitrogens is 2. The molecule has 0 amide bonds. The zero-order chi connectivity index (χ0) is 16.2. The summed E-state index contributed by atoms with van der Waals surface area (Å²) in [6.07, 6.45) is 8.21. The van der Waals surface area contributed by atoms with Gasteiger partial charge >= 0.3 is 0 Å². The highest BCUT2D eigenvalue weighted by Crippen LogP contribution is 2.25. The summed E-state index contributed by atoms with van der Waals surface area (Å²) in [5.74, 6) is -0.789. The molecule has 0 aliphatic rings. The first kappa shape index (κ1) is 15.5. The summed E-state index contributed by atoms with van der Waals surface area (Å²) in [6.45, 7) is 0. The van der Waals surface area contributed by atoms with Crippen LogP contribution in [0.5, 0.6) is 0 Å². The standard InChI is InChI=1S/C17H10ClFN2OS/c18-14-9-12(1-3-15(14)19)16(22)4-2-13-10-21-17(23-13)11-5-7-20-8-6-11/h1-10H/b4-2+. The molecule has 0 aliphatic carbocycles. The number of hydrogen-bond donors (Lipinski definition) is 0. The minimum atomic E-state index is -0.545. The third-order valence-corrected chi connectivity index (χ3v) is 4.36. The normalized spacial score (nSPS) is 11.0. The fraction of sp³-hybridized carbons (Fsp3) is 0. The molecule has 0 atom stereocenters. The van der Waals surface area contributed by atoms with Gasteiger partial charge in [0.05, 0.1) is 5.02 Å². The lowest BCUT2D eigenvalue weighted by Gasteiger charge is -1.97. The molecule has 0 N–H and O–H groups in total. The van der Waals surface area contributed by atoms with Gasteiger partial charge in [-0.15, -0.1) is 11.3 Å². The molecule has 0 unspecified atom stereocenters. The van der Waals surface area contributed by atoms with Crippen molar-refractivity contribution in [2.45, 2.75) is 0 Å². The van der Waals surface area contributed by atoms with E-state index in [1.54, 1.807) is 24.7 Å². The molecule has 23 heavy (non-hydrogen) atoms. The SMILES string of the molecule is O=C(/C=C/c1cnc(-c2ccncc2)s1)c1ccc(F)c(Cl)c1. The summed E-state index contributed by atoms with van der Waals surface area (Å²) in [7, 11) is 0. The Kier molecular flexibility index (Phi) is 4.60. The smallest absolute Gasteiger partial charge is 0.185 e. The van der Waals surface area contributed by atoms with Crippen molar-refractivity contribution >= 4 is 34.8 Å². The van der Waals surface area contributed by atoms with Gasteiger partial charge in [-0.1, -0.05) is 11.6 Å². The van der Waals surface area contributed by atoms with Gasteiger partial charge in [-0.2, -0.15) is 0 Å². The van der Waals surface area contributed by atoms with Crippen molar-refractivity contribution in [1.82, 2.24) is 9.97 Å². The predicted octanol–water partition coefficient (Wildman–Crippen LogP) is 4.89. The van der Waals surface area contributed by atoms with Crippen molar-refractivity contribution in [3.8, 4) is 10.6 Å². The summed E-state index contributed by atoms with van der Waals surface area (Å²) in [5.41, 5.74) is 1.31. The van der Waals surface area contributed by atoms with Crippen LogP contribution in [0.15, 0.2) is 55.0 Å². The molecular weight excluding hydrogens is 335 g/mol. The lowest BCUT2D eigenvalue weighted by Crippen LogP contribution is -1.94. The number of thiazole rings is 1. The topological polar surface area (TPSA) is 42.9 Å². The maximum absolute atomic E-state index is 13.1. The fourth-order valence-corrected chi connectivity index (χ4v) is 2.90. The Hall–Kier alpha value is -2.37. The van der Waals surface area contributed by atoms with E-state index in [-0.39, 0.29) is 10.8 Å². The number of benzene rings is 1. The van der Waals surface area contributed by atoms with Crippen LogP contribution < -0.4 is 0 Å². The zero-order valence-electron chi connectivity index (χ0n) is 11.7. The van der Waals surface area contributed by atoms with Gasteiger partial charge in [0.15, 0.2) is 5.78 Å². The number of carbonyl (C=O) groups is 1. The van der Waals surface area contributed by atoms with Crippen molar-refractivity contribution in [1.29, 1.82) is 0 Å². The fourth-order valence-electron chi connectivity index (χ4n) is 1.90. The van der Waals surface area contributed by atoms with E-state index < -0.39 is 5.82 Å². The Bertz CT molecular complexity index is 877. The third-order valence-electron chi connectivity index (χ3n) is 3.05. The Morgan fingerprint density at radius 1 is 1.22 bits per heavy atom. The molecule has 2 aromatic heterocycles. The number of ketones is 1. The second-order valence-corrected chi connectivity index (χ2v) is 6.10. The van der Waals surface area contributed by atoms with Gasteiger partial charge in [-0.3, -0.25) is 9.78 Å². The van der Waals surface area contributed by atoms with E-state index in [0.29, 0.717) is 5.56 Å². The zero-order valence-corrected chi connectivity index (χ0v) is 13.3. The molecule has 0 spiro atoms. The Morgan fingerprint density at radius 2 is 2.00 bits per heavy atom. The molecule has 0 bridgehead atoms. The van der Waals surface area contributed by atoms with Gasteiger partial charge in [0, 0.05) is 34.6 Å². The largest absolute Gasteiger partial charge is 0.289 e. The first-order chi connectivity index (χ1) is 11.1. The molecule has 114 valence electrons. The van der Waals surface area contributed by atoms with E-state index in [9.17, 15) is 9.18 Å². The van der Waals surface area contributed by atoms with Crippen LogP contribution in [0.2, 0.25) is 5.02 Å². The van der Waals surface area contributed by atoms with Crippen LogP contribution in [-0.2, 0) is 0 Å². The van der Waals surface area contributed by atoms with Crippen LogP contribution in [0.1, 0.15) is 15.2 Å². The van der Waals surface area contributed by atoms with E-state index >= 15 is 0 Å². The lowest BCUT2D eigenvalue weighted by molar-refractivity contribution is 0.104. The monoisotopic (exact) mass is 344 g/mol. The van der Waals surface area contributed by atoms with Gasteiger partial charge in [0.1, 0.15) is 10.8 Å². The van der Waals surface area contributed by atoms with Crippen LogP contribution in [0.3, 0.4) is 0 Å². The van der Waals surface area contributed by atoms with Crippen LogP contribution >= 0.6 is 22.9 Å². The summed E-state index contributed by atoms with van der Waals surface area (Å²) in [6, 6.07) is 7.65. The van der Waals surface area contributed by atoms with Crippen molar-refractivity contribution in [3.63, 3.8) is 0 Å². The van der Waals surface area contributed by atoms with Crippen molar-refractivity contribution in [3.05, 3.63) is 76.3 Å². The molecule has 2 heterocycles. The van der Waals surface area contributed by atoms with Crippen LogP contribution in [-0.4, -0.2) is 15.8 Å². The van der Waals surface area contributed by atoms with E-state index in [2.05, 4.69) is 9.97 Å². The highest BCUT2D eigenvalue weighted by Gasteiger charge is 2.07. The summed E-state index contributed by atoms with van der Waals surface area (Å²) in [5, 5.41) is 0.784. The number of nitrogens with zero attached hydrogens (tertiary/aromatic N) is 2. The summed E-state index contributed by atoms with van der Waals surface area (Å²) < 4.78 is 13.1. The molecule has 0 saturated heterocycles. The van der Waals surface area contributed by atoms with E-state index in [1.807, 2.05) is 12.1 Å². The third kappa shape index (κ3) is 3.70. The van der Waals surface area contributed by atoms with Crippen molar-refractivity contribution in [2.75, 3.05) is 0 Å². The summed E-state index contributed by atoms with van der Waals surface area (Å²) >= 11 is 7.15. The van der Waals surface area contributed by atoms with Gasteiger partial charge in [0.25, 0.3) is 0 Å². The number of allylic oxidation sites excluding steroid dienone is 1. The molecule has 0 saturated carbocycles. The minimum Gasteiger partial charge on any atom is -0.289 e. The van der Waals surface area contributed by atoms with Gasteiger partial charge < -0.3 is 0 Å². The average molecular weight is 345 g/mol. The van der Waals surface area contributed by atoms with Crippen molar-refractivity contribution < 1.29 is 9.18 Å². The number of carbonyl (C=O) groups excluding carboxylic acids is 1. The first-order valence-corrected chi connectivity index (χ1v) is 7.86. The second kappa shape index (κ2) is 6.81. The Balaban J connectivity index is 1.76. The Labute approximate surface area is 141 Å². The number of halogens is 2. The highest BCUT2D eigenvalue weighted by molar-refractivity contribution is 7.15. The average Bonchev–Trinajstić information content (AvgIpc) is 3.05. The number of rotatable bonds is 4. The van der Waals surface area contributed by atoms with Gasteiger partial charge in [0.2, 0.25) is 0 Å². The molecule has 6 heteroatoms. The minimum absolute atomic E-state index is 0.0676. The van der Waals surface area contributed by atoms with E-state index in [1.165, 1.54) is 35.6 Å². The molecular formula is C17H10ClFN2OS. The van der Waals surface area contributed by atoms with Crippen LogP contribution in [0.25, 0.3) is 16.6 Å². The highest BCUT2D eigenvalue weighted by atomic mass is 35.5. The second-order valence-electron chi connectivity index (χ2n) is 4.63. The molecule has 0 fully saturated rings. The summed E-state index contributed by atoms with van der Waals surface area (Å²) in [4.78, 5) is 21.2. The maximum Gasteiger partial charge on any atom is 0.185 e. The first-order valence-electron chi connectivity index (χ1n) is 6.67. The number of pyridine rings is 1. The number of hydrogen-bond acceptors (Lipinski definition) is 4. The maximum atomic E-state index is 13.1. The molecule has 0 aliphatic heterocycles. The molecule has 3 nitrogen and oxygen atoms in total. The quantitative estimate of drug-likeness (QED) is 0.499. The van der Waals surface area contributed by atoms with Crippen LogP contribution in [0.4, 0.5) is 4.39 Å². The lowest BCUT2D eigenvalue weighted by atomic mass is 10.1. The molecule has 1 aromatic carbocycles. The van der Waals surface area contributed by atoms with Crippen LogP contribution in [0, 0.1) is 5.82 Å². The van der Waals surface area contributed by atoms with E-state index in [4.69, 9.17) is 11.6 Å².